The molecule has 2 aromatic carbocycles. The molecular formula is C17H18N2O. The molecular weight excluding hydrogens is 248 g/mol. The Hall–Kier alpha value is -2.47. The van der Waals surface area contributed by atoms with E-state index in [2.05, 4.69) is 11.0 Å². The van der Waals surface area contributed by atoms with Gasteiger partial charge in [0.25, 0.3) is 0 Å². The number of aryl methyl sites for hydroxylation is 1. The van der Waals surface area contributed by atoms with Crippen LogP contribution in [0.1, 0.15) is 16.7 Å². The summed E-state index contributed by atoms with van der Waals surface area (Å²) in [4.78, 5) is 2.15. The smallest absolute Gasteiger partial charge is 0.142 e. The SMILES string of the molecule is COc1ccccc1N(C)Cc1ccc(C#N)cc1C. The maximum atomic E-state index is 8.90. The van der Waals surface area contributed by atoms with Gasteiger partial charge in [0.1, 0.15) is 5.75 Å². The summed E-state index contributed by atoms with van der Waals surface area (Å²) in [6, 6.07) is 15.9. The highest BCUT2D eigenvalue weighted by Gasteiger charge is 2.09. The molecule has 102 valence electrons. The van der Waals surface area contributed by atoms with Crippen LogP contribution in [0.25, 0.3) is 0 Å². The van der Waals surface area contributed by atoms with Gasteiger partial charge in [-0.2, -0.15) is 5.26 Å². The predicted molar refractivity (Wildman–Crippen MR) is 81.0 cm³/mol. The molecule has 0 fully saturated rings. The second kappa shape index (κ2) is 6.12. The summed E-state index contributed by atoms with van der Waals surface area (Å²) in [7, 11) is 3.72. The van der Waals surface area contributed by atoms with E-state index in [0.29, 0.717) is 5.56 Å². The standard InChI is InChI=1S/C17H18N2O/c1-13-10-14(11-18)8-9-15(13)12-19(2)16-6-4-5-7-17(16)20-3/h4-10H,12H2,1-3H3. The minimum Gasteiger partial charge on any atom is -0.495 e. The van der Waals surface area contributed by atoms with E-state index in [0.717, 1.165) is 23.5 Å². The number of benzene rings is 2. The Morgan fingerprint density at radius 1 is 1.20 bits per heavy atom. The van der Waals surface area contributed by atoms with Crippen LogP contribution in [0.3, 0.4) is 0 Å². The third-order valence-corrected chi connectivity index (χ3v) is 3.38. The minimum atomic E-state index is 0.700. The summed E-state index contributed by atoms with van der Waals surface area (Å²) in [6.45, 7) is 2.81. The Bertz CT molecular complexity index is 644. The zero-order valence-electron chi connectivity index (χ0n) is 12.1. The Labute approximate surface area is 120 Å². The molecule has 2 rings (SSSR count). The van der Waals surface area contributed by atoms with Crippen LogP contribution in [0.2, 0.25) is 0 Å². The van der Waals surface area contributed by atoms with Gasteiger partial charge in [0.05, 0.1) is 24.4 Å². The van der Waals surface area contributed by atoms with Crippen molar-refractivity contribution in [2.75, 3.05) is 19.1 Å². The van der Waals surface area contributed by atoms with Crippen LogP contribution < -0.4 is 9.64 Å². The molecule has 3 nitrogen and oxygen atoms in total. The average Bonchev–Trinajstić information content (AvgIpc) is 2.49. The van der Waals surface area contributed by atoms with Crippen LogP contribution in [0.15, 0.2) is 42.5 Å². The molecule has 3 heteroatoms. The van der Waals surface area contributed by atoms with Crippen molar-refractivity contribution in [3.63, 3.8) is 0 Å². The van der Waals surface area contributed by atoms with E-state index in [9.17, 15) is 0 Å². The van der Waals surface area contributed by atoms with E-state index < -0.39 is 0 Å². The summed E-state index contributed by atoms with van der Waals surface area (Å²) < 4.78 is 5.39. The predicted octanol–water partition coefficient (Wildman–Crippen LogP) is 3.51. The number of para-hydroxylation sites is 2. The second-order valence-electron chi connectivity index (χ2n) is 4.78. The molecule has 0 unspecified atom stereocenters. The highest BCUT2D eigenvalue weighted by Crippen LogP contribution is 2.28. The molecule has 0 N–H and O–H groups in total. The molecule has 20 heavy (non-hydrogen) atoms. The average molecular weight is 266 g/mol. The van der Waals surface area contributed by atoms with E-state index in [4.69, 9.17) is 10.00 Å². The largest absolute Gasteiger partial charge is 0.495 e. The molecule has 2 aromatic rings. The van der Waals surface area contributed by atoms with Crippen LogP contribution in [-0.2, 0) is 6.54 Å². The molecule has 0 heterocycles. The van der Waals surface area contributed by atoms with Crippen LogP contribution in [0, 0.1) is 18.3 Å². The van der Waals surface area contributed by atoms with Crippen LogP contribution >= 0.6 is 0 Å². The van der Waals surface area contributed by atoms with Crippen molar-refractivity contribution in [1.29, 1.82) is 5.26 Å². The van der Waals surface area contributed by atoms with Gasteiger partial charge in [-0.05, 0) is 42.3 Å². The molecule has 0 saturated heterocycles. The van der Waals surface area contributed by atoms with Gasteiger partial charge in [-0.3, -0.25) is 0 Å². The highest BCUT2D eigenvalue weighted by atomic mass is 16.5. The van der Waals surface area contributed by atoms with Gasteiger partial charge in [-0.1, -0.05) is 18.2 Å². The first-order valence-electron chi connectivity index (χ1n) is 6.49. The lowest BCUT2D eigenvalue weighted by Gasteiger charge is -2.22. The summed E-state index contributed by atoms with van der Waals surface area (Å²) in [5.74, 6) is 0.862. The Morgan fingerprint density at radius 3 is 2.60 bits per heavy atom. The number of nitrogens with zero attached hydrogens (tertiary/aromatic N) is 2. The van der Waals surface area contributed by atoms with E-state index in [-0.39, 0.29) is 0 Å². The molecule has 0 aromatic heterocycles. The zero-order chi connectivity index (χ0) is 14.5. The van der Waals surface area contributed by atoms with Gasteiger partial charge < -0.3 is 9.64 Å². The normalized spacial score (nSPS) is 9.90. The van der Waals surface area contributed by atoms with Crippen molar-refractivity contribution in [3.05, 3.63) is 59.2 Å². The summed E-state index contributed by atoms with van der Waals surface area (Å²) in [6.07, 6.45) is 0. The molecule has 0 radical (unpaired) electrons. The van der Waals surface area contributed by atoms with E-state index >= 15 is 0 Å². The Morgan fingerprint density at radius 2 is 1.95 bits per heavy atom. The fourth-order valence-corrected chi connectivity index (χ4v) is 2.23. The topological polar surface area (TPSA) is 36.3 Å². The number of hydrogen-bond acceptors (Lipinski definition) is 3. The first-order chi connectivity index (χ1) is 9.65. The fourth-order valence-electron chi connectivity index (χ4n) is 2.23. The molecule has 0 amide bonds. The van der Waals surface area contributed by atoms with Crippen molar-refractivity contribution < 1.29 is 4.74 Å². The highest BCUT2D eigenvalue weighted by molar-refractivity contribution is 5.58. The van der Waals surface area contributed by atoms with Crippen LogP contribution in [0.5, 0.6) is 5.75 Å². The monoisotopic (exact) mass is 266 g/mol. The van der Waals surface area contributed by atoms with Gasteiger partial charge in [-0.15, -0.1) is 0 Å². The molecule has 0 saturated carbocycles. The fraction of sp³-hybridized carbons (Fsp3) is 0.235. The first-order valence-corrected chi connectivity index (χ1v) is 6.49. The lowest BCUT2D eigenvalue weighted by molar-refractivity contribution is 0.415. The third kappa shape index (κ3) is 2.92. The molecule has 0 aliphatic rings. The first kappa shape index (κ1) is 14.0. The maximum Gasteiger partial charge on any atom is 0.142 e. The maximum absolute atomic E-state index is 8.90. The number of methoxy groups -OCH3 is 1. The quantitative estimate of drug-likeness (QED) is 0.849. The van der Waals surface area contributed by atoms with Crippen LogP contribution in [0.4, 0.5) is 5.69 Å². The van der Waals surface area contributed by atoms with Gasteiger partial charge in [-0.25, -0.2) is 0 Å². The summed E-state index contributed by atoms with van der Waals surface area (Å²) >= 11 is 0. The summed E-state index contributed by atoms with van der Waals surface area (Å²) in [5, 5.41) is 8.90. The second-order valence-corrected chi connectivity index (χ2v) is 4.78. The number of anilines is 1. The molecule has 0 atom stereocenters. The van der Waals surface area contributed by atoms with Crippen molar-refractivity contribution >= 4 is 5.69 Å². The molecule has 0 aliphatic carbocycles. The molecule has 0 aliphatic heterocycles. The number of ether oxygens (including phenoxy) is 1. The van der Waals surface area contributed by atoms with E-state index in [1.165, 1.54) is 5.56 Å². The van der Waals surface area contributed by atoms with Gasteiger partial charge in [0, 0.05) is 13.6 Å². The molecule has 0 spiro atoms. The minimum absolute atomic E-state index is 0.700. The number of rotatable bonds is 4. The van der Waals surface area contributed by atoms with Crippen molar-refractivity contribution in [3.8, 4) is 11.8 Å². The number of hydrogen-bond donors (Lipinski definition) is 0. The third-order valence-electron chi connectivity index (χ3n) is 3.38. The van der Waals surface area contributed by atoms with Gasteiger partial charge >= 0.3 is 0 Å². The number of nitriles is 1. The summed E-state index contributed by atoms with van der Waals surface area (Å²) in [5.41, 5.74) is 4.09. The van der Waals surface area contributed by atoms with Gasteiger partial charge in [0.2, 0.25) is 0 Å². The van der Waals surface area contributed by atoms with Crippen molar-refractivity contribution in [1.82, 2.24) is 0 Å². The Balaban J connectivity index is 2.24. The van der Waals surface area contributed by atoms with E-state index in [1.807, 2.05) is 56.4 Å². The van der Waals surface area contributed by atoms with Crippen molar-refractivity contribution in [2.24, 2.45) is 0 Å². The lowest BCUT2D eigenvalue weighted by atomic mass is 10.0. The molecule has 0 bridgehead atoms. The lowest BCUT2D eigenvalue weighted by Crippen LogP contribution is -2.17. The van der Waals surface area contributed by atoms with Crippen molar-refractivity contribution in [2.45, 2.75) is 13.5 Å². The zero-order valence-corrected chi connectivity index (χ0v) is 12.1. The van der Waals surface area contributed by atoms with Crippen LogP contribution in [-0.4, -0.2) is 14.2 Å². The Kier molecular flexibility index (Phi) is 4.27. The van der Waals surface area contributed by atoms with E-state index in [1.54, 1.807) is 7.11 Å². The van der Waals surface area contributed by atoms with Gasteiger partial charge in [0.15, 0.2) is 0 Å².